The molecule has 0 radical (unpaired) electrons. The van der Waals surface area contributed by atoms with Crippen molar-refractivity contribution in [2.45, 2.75) is 19.9 Å². The van der Waals surface area contributed by atoms with E-state index < -0.39 is 0 Å². The van der Waals surface area contributed by atoms with Crippen molar-refractivity contribution in [3.05, 3.63) is 77.5 Å². The highest BCUT2D eigenvalue weighted by atomic mass is 16.1. The number of H-pyrrole nitrogens is 1. The number of rotatable bonds is 6. The van der Waals surface area contributed by atoms with Crippen molar-refractivity contribution in [3.8, 4) is 0 Å². The average molecular weight is 388 g/mol. The normalized spacial score (nSPS) is 17.2. The van der Waals surface area contributed by atoms with Gasteiger partial charge in [0, 0.05) is 54.9 Å². The van der Waals surface area contributed by atoms with E-state index in [0.29, 0.717) is 0 Å². The predicted molar refractivity (Wildman–Crippen MR) is 120 cm³/mol. The number of aryl methyl sites for hydroxylation is 1. The van der Waals surface area contributed by atoms with Gasteiger partial charge in [0.15, 0.2) is 5.78 Å². The molecule has 2 heterocycles. The quantitative estimate of drug-likeness (QED) is 0.638. The molecule has 4 heteroatoms. The zero-order valence-corrected chi connectivity index (χ0v) is 17.3. The standard InChI is InChI=1S/C25H29N3O/c1-19-24(22-12-6-7-13-23(22)26-19)25(29)20(2)28-17-15-27(16-18-28)14-8-11-21-9-4-3-5-10-21/h3-13,20,26H,14-18H2,1-2H3/b11-8+/t20-/m1/s1. The van der Waals surface area contributed by atoms with Crippen LogP contribution in [0.15, 0.2) is 60.7 Å². The van der Waals surface area contributed by atoms with E-state index in [1.165, 1.54) is 5.56 Å². The molecule has 150 valence electrons. The molecular weight excluding hydrogens is 358 g/mol. The first kappa shape index (κ1) is 19.6. The second-order valence-corrected chi connectivity index (χ2v) is 7.86. The number of hydrogen-bond acceptors (Lipinski definition) is 3. The number of para-hydroxylation sites is 1. The highest BCUT2D eigenvalue weighted by molar-refractivity contribution is 6.11. The van der Waals surface area contributed by atoms with Gasteiger partial charge in [0.25, 0.3) is 0 Å². The molecule has 0 bridgehead atoms. The van der Waals surface area contributed by atoms with Gasteiger partial charge in [-0.2, -0.15) is 0 Å². The molecule has 0 unspecified atom stereocenters. The lowest BCUT2D eigenvalue weighted by Gasteiger charge is -2.37. The molecule has 1 N–H and O–H groups in total. The lowest BCUT2D eigenvalue weighted by Crippen LogP contribution is -2.51. The van der Waals surface area contributed by atoms with Crippen molar-refractivity contribution < 1.29 is 4.79 Å². The molecule has 0 saturated carbocycles. The van der Waals surface area contributed by atoms with Gasteiger partial charge in [-0.1, -0.05) is 60.7 Å². The number of fused-ring (bicyclic) bond motifs is 1. The Morgan fingerprint density at radius 1 is 1.03 bits per heavy atom. The van der Waals surface area contributed by atoms with Gasteiger partial charge >= 0.3 is 0 Å². The Morgan fingerprint density at radius 3 is 2.48 bits per heavy atom. The first-order chi connectivity index (χ1) is 14.1. The Hall–Kier alpha value is -2.69. The number of nitrogens with zero attached hydrogens (tertiary/aromatic N) is 2. The minimum absolute atomic E-state index is 0.102. The maximum absolute atomic E-state index is 13.3. The Morgan fingerprint density at radius 2 is 1.72 bits per heavy atom. The Labute approximate surface area is 172 Å². The summed E-state index contributed by atoms with van der Waals surface area (Å²) < 4.78 is 0. The second-order valence-electron chi connectivity index (χ2n) is 7.86. The molecule has 1 fully saturated rings. The van der Waals surface area contributed by atoms with Gasteiger partial charge in [0.05, 0.1) is 6.04 Å². The van der Waals surface area contributed by atoms with Crippen LogP contribution in [-0.4, -0.2) is 59.3 Å². The van der Waals surface area contributed by atoms with Crippen molar-refractivity contribution in [1.29, 1.82) is 0 Å². The molecule has 0 aliphatic carbocycles. The molecular formula is C25H29N3O. The number of hydrogen-bond donors (Lipinski definition) is 1. The summed E-state index contributed by atoms with van der Waals surface area (Å²) in [6.45, 7) is 8.83. The van der Waals surface area contributed by atoms with Crippen LogP contribution < -0.4 is 0 Å². The summed E-state index contributed by atoms with van der Waals surface area (Å²) >= 11 is 0. The number of ketones is 1. The third-order valence-corrected chi connectivity index (χ3v) is 5.95. The molecule has 1 atom stereocenters. The Kier molecular flexibility index (Phi) is 5.93. The summed E-state index contributed by atoms with van der Waals surface area (Å²) in [6.07, 6.45) is 4.41. The van der Waals surface area contributed by atoms with Crippen molar-refractivity contribution in [2.24, 2.45) is 0 Å². The van der Waals surface area contributed by atoms with Crippen molar-refractivity contribution in [3.63, 3.8) is 0 Å². The molecule has 2 aromatic carbocycles. The fraction of sp³-hybridized carbons (Fsp3) is 0.320. The minimum Gasteiger partial charge on any atom is -0.358 e. The molecule has 0 amide bonds. The number of carbonyl (C=O) groups is 1. The molecule has 0 spiro atoms. The Bertz CT molecular complexity index is 997. The zero-order valence-electron chi connectivity index (χ0n) is 17.3. The highest BCUT2D eigenvalue weighted by Gasteiger charge is 2.28. The summed E-state index contributed by atoms with van der Waals surface area (Å²) in [5.41, 5.74) is 4.09. The van der Waals surface area contributed by atoms with E-state index >= 15 is 0 Å². The van der Waals surface area contributed by atoms with Gasteiger partial charge in [-0.25, -0.2) is 0 Å². The molecule has 1 aliphatic rings. The number of nitrogens with one attached hydrogen (secondary N) is 1. The number of carbonyl (C=O) groups excluding carboxylic acids is 1. The monoisotopic (exact) mass is 387 g/mol. The van der Waals surface area contributed by atoms with E-state index in [-0.39, 0.29) is 11.8 Å². The Balaban J connectivity index is 1.35. The van der Waals surface area contributed by atoms with Gasteiger partial charge in [-0.3, -0.25) is 14.6 Å². The number of benzene rings is 2. The van der Waals surface area contributed by atoms with E-state index in [0.717, 1.165) is 54.9 Å². The maximum atomic E-state index is 13.3. The highest BCUT2D eigenvalue weighted by Crippen LogP contribution is 2.24. The van der Waals surface area contributed by atoms with Gasteiger partial charge in [0.1, 0.15) is 0 Å². The van der Waals surface area contributed by atoms with E-state index in [2.05, 4.69) is 58.1 Å². The average Bonchev–Trinajstić information content (AvgIpc) is 3.09. The van der Waals surface area contributed by atoms with Crippen LogP contribution in [0.3, 0.4) is 0 Å². The number of piperazine rings is 1. The molecule has 3 aromatic rings. The third kappa shape index (κ3) is 4.34. The third-order valence-electron chi connectivity index (χ3n) is 5.95. The van der Waals surface area contributed by atoms with Crippen LogP contribution in [-0.2, 0) is 0 Å². The van der Waals surface area contributed by atoms with E-state index in [4.69, 9.17) is 0 Å². The zero-order chi connectivity index (χ0) is 20.2. The summed E-state index contributed by atoms with van der Waals surface area (Å²) in [7, 11) is 0. The van der Waals surface area contributed by atoms with Crippen LogP contribution in [0.25, 0.3) is 17.0 Å². The molecule has 29 heavy (non-hydrogen) atoms. The summed E-state index contributed by atoms with van der Waals surface area (Å²) in [5.74, 6) is 0.220. The van der Waals surface area contributed by atoms with Gasteiger partial charge in [-0.05, 0) is 25.5 Å². The minimum atomic E-state index is -0.102. The van der Waals surface area contributed by atoms with Crippen molar-refractivity contribution >= 4 is 22.8 Å². The van der Waals surface area contributed by atoms with E-state index in [1.54, 1.807) is 0 Å². The van der Waals surface area contributed by atoms with Gasteiger partial charge < -0.3 is 4.98 Å². The van der Waals surface area contributed by atoms with Gasteiger partial charge in [0.2, 0.25) is 0 Å². The largest absolute Gasteiger partial charge is 0.358 e. The molecule has 1 aromatic heterocycles. The van der Waals surface area contributed by atoms with Crippen molar-refractivity contribution in [1.82, 2.24) is 14.8 Å². The molecule has 1 saturated heterocycles. The topological polar surface area (TPSA) is 39.3 Å². The second kappa shape index (κ2) is 8.76. The van der Waals surface area contributed by atoms with Crippen LogP contribution in [0.4, 0.5) is 0 Å². The number of aromatic nitrogens is 1. The lowest BCUT2D eigenvalue weighted by atomic mass is 10.0. The molecule has 1 aliphatic heterocycles. The predicted octanol–water partition coefficient (Wildman–Crippen LogP) is 4.38. The van der Waals surface area contributed by atoms with Crippen LogP contribution >= 0.6 is 0 Å². The lowest BCUT2D eigenvalue weighted by molar-refractivity contribution is 0.0720. The SMILES string of the molecule is Cc1[nH]c2ccccc2c1C(=O)[C@@H](C)N1CCN(C/C=C/c2ccccc2)CC1. The number of aromatic amines is 1. The van der Waals surface area contributed by atoms with Crippen LogP contribution in [0.2, 0.25) is 0 Å². The maximum Gasteiger partial charge on any atom is 0.182 e. The number of Topliss-reactive ketones (excluding diaryl/α,β-unsaturated/α-hetero) is 1. The van der Waals surface area contributed by atoms with E-state index in [9.17, 15) is 4.79 Å². The first-order valence-electron chi connectivity index (χ1n) is 10.4. The van der Waals surface area contributed by atoms with Crippen LogP contribution in [0, 0.1) is 6.92 Å². The van der Waals surface area contributed by atoms with Crippen LogP contribution in [0.5, 0.6) is 0 Å². The van der Waals surface area contributed by atoms with Crippen LogP contribution in [0.1, 0.15) is 28.5 Å². The van der Waals surface area contributed by atoms with E-state index in [1.807, 2.05) is 37.3 Å². The van der Waals surface area contributed by atoms with Gasteiger partial charge in [-0.15, -0.1) is 0 Å². The molecule has 4 rings (SSSR count). The smallest absolute Gasteiger partial charge is 0.182 e. The summed E-state index contributed by atoms with van der Waals surface area (Å²) in [6, 6.07) is 18.4. The summed E-state index contributed by atoms with van der Waals surface area (Å²) in [4.78, 5) is 21.4. The summed E-state index contributed by atoms with van der Waals surface area (Å²) in [5, 5.41) is 1.03. The molecule has 4 nitrogen and oxygen atoms in total. The fourth-order valence-electron chi connectivity index (χ4n) is 4.20. The first-order valence-corrected chi connectivity index (χ1v) is 10.4. The van der Waals surface area contributed by atoms with Crippen molar-refractivity contribution in [2.75, 3.05) is 32.7 Å². The fourth-order valence-corrected chi connectivity index (χ4v) is 4.20.